The Hall–Kier alpha value is 4.56. The van der Waals surface area contributed by atoms with Crippen LogP contribution in [0.15, 0.2) is 0 Å². The molecule has 0 aliphatic rings. The van der Waals surface area contributed by atoms with Crippen molar-refractivity contribution in [3.8, 4) is 0 Å². The fraction of sp³-hybridized carbons (Fsp3) is 0. The molecule has 0 saturated carbocycles. The molecule has 1 radical (unpaired) electrons. The first-order valence-corrected chi connectivity index (χ1v) is 0. The molecule has 0 atom stereocenters. The molecule has 0 amide bonds. The van der Waals surface area contributed by atoms with Crippen LogP contribution < -0.4 is 0 Å². The molecule has 25 valence electrons. The molecule has 0 bridgehead atoms. The summed E-state index contributed by atoms with van der Waals surface area (Å²) < 4.78 is 0. The third kappa shape index (κ3) is 17.7. The summed E-state index contributed by atoms with van der Waals surface area (Å²) >= 11 is 0. The van der Waals surface area contributed by atoms with Gasteiger partial charge >= 0.3 is 106 Å². The zero-order valence-electron chi connectivity index (χ0n) is 0.378. The Morgan fingerprint density at radius 2 is 1.00 bits per heavy atom. The predicted molar refractivity (Wildman–Crippen MR) is 35.6 cm³/mol. The molecule has 0 N–H and O–H groups in total. The Labute approximate surface area is 137 Å². The second-order valence-electron chi connectivity index (χ2n) is 0. The van der Waals surface area contributed by atoms with E-state index in [1.807, 2.05) is 0 Å². The van der Waals surface area contributed by atoms with E-state index in [1.54, 1.807) is 0 Å². The first-order chi connectivity index (χ1) is 0. The van der Waals surface area contributed by atoms with Gasteiger partial charge in [-0.1, -0.05) is 0 Å². The van der Waals surface area contributed by atoms with Gasteiger partial charge in [-0.3, -0.25) is 0 Å². The Bertz CT molecular complexity index is 11.6. The molecule has 5 heavy (non-hydrogen) atoms. The second-order valence-corrected chi connectivity index (χ2v) is 0. The van der Waals surface area contributed by atoms with Crippen LogP contribution in [0, 0.1) is 0 Å². The van der Waals surface area contributed by atoms with Crippen LogP contribution in [0.3, 0.4) is 0 Å². The van der Waals surface area contributed by atoms with Crippen LogP contribution in [0.4, 0.5) is 0 Å². The third-order valence-electron chi connectivity index (χ3n) is 0. The van der Waals surface area contributed by atoms with Crippen LogP contribution in [-0.2, 0) is 17.1 Å². The van der Waals surface area contributed by atoms with E-state index in [0.29, 0.717) is 0 Å². The van der Waals surface area contributed by atoms with Gasteiger partial charge in [-0.25, -0.2) is 0 Å². The van der Waals surface area contributed by atoms with Crippen molar-refractivity contribution in [3.63, 3.8) is 0 Å². The molecule has 0 aliphatic heterocycles. The van der Waals surface area contributed by atoms with Gasteiger partial charge in [-0.2, -0.15) is 0 Å². The summed E-state index contributed by atoms with van der Waals surface area (Å²) in [6, 6.07) is 0. The summed E-state index contributed by atoms with van der Waals surface area (Å²) in [5, 5.41) is 0. The van der Waals surface area contributed by atoms with E-state index in [-0.39, 0.29) is 141 Å². The van der Waals surface area contributed by atoms with Crippen LogP contribution in [0.25, 0.3) is 0 Å². The number of hydrogen-bond acceptors (Lipinski definition) is 0. The average molecular weight is 243 g/mol. The van der Waals surface area contributed by atoms with Gasteiger partial charge in [0, 0.05) is 17.1 Å². The summed E-state index contributed by atoms with van der Waals surface area (Å²) in [6.07, 6.45) is 0. The summed E-state index contributed by atoms with van der Waals surface area (Å²) in [7, 11) is 0. The van der Waals surface area contributed by atoms with Crippen molar-refractivity contribution >= 4 is 124 Å². The standard InChI is InChI=1S/Al.Ca.Mg.Mn.Sr.9H. The molecule has 0 rings (SSSR count). The quantitative estimate of drug-likeness (QED) is 0.381. The van der Waals surface area contributed by atoms with E-state index < -0.39 is 0 Å². The summed E-state index contributed by atoms with van der Waals surface area (Å²) in [5.74, 6) is 0. The monoisotopic (exact) mass is 243 g/mol. The molecule has 5 heteroatoms. The minimum atomic E-state index is 0. The van der Waals surface area contributed by atoms with E-state index in [9.17, 15) is 0 Å². The van der Waals surface area contributed by atoms with Gasteiger partial charge in [0.25, 0.3) is 0 Å². The van der Waals surface area contributed by atoms with E-state index in [4.69, 9.17) is 0 Å². The average Bonchev–Trinajstić information content (AvgIpc) is 0. The van der Waals surface area contributed by atoms with Crippen LogP contribution in [0.1, 0.15) is 0 Å². The Morgan fingerprint density at radius 3 is 1.00 bits per heavy atom. The fourth-order valence-electron chi connectivity index (χ4n) is 0. The molecule has 0 heterocycles. The molecule has 0 saturated heterocycles. The van der Waals surface area contributed by atoms with Crippen molar-refractivity contribution < 1.29 is 17.1 Å². The first kappa shape index (κ1) is 33.7. The molecule has 0 aliphatic carbocycles. The second kappa shape index (κ2) is 23.5. The van der Waals surface area contributed by atoms with Crippen molar-refractivity contribution in [1.82, 2.24) is 0 Å². The molecule has 0 nitrogen and oxygen atoms in total. The fourth-order valence-corrected chi connectivity index (χ4v) is 0. The molecule has 0 unspecified atom stereocenters. The molecule has 0 aromatic carbocycles. The van der Waals surface area contributed by atoms with Crippen LogP contribution in [-0.4, -0.2) is 124 Å². The molecule has 0 aromatic heterocycles. The number of hydrogen-bond donors (Lipinski definition) is 0. The molecule has 0 fully saturated rings. The van der Waals surface area contributed by atoms with Gasteiger partial charge in [-0.05, 0) is 0 Å². The van der Waals surface area contributed by atoms with Crippen molar-refractivity contribution in [2.24, 2.45) is 0 Å². The van der Waals surface area contributed by atoms with Crippen molar-refractivity contribution in [3.05, 3.63) is 0 Å². The Morgan fingerprint density at radius 1 is 1.00 bits per heavy atom. The molecule has 0 aromatic rings. The van der Waals surface area contributed by atoms with Crippen LogP contribution >= 0.6 is 0 Å². The zero-order chi connectivity index (χ0) is 0. The maximum atomic E-state index is 0. The summed E-state index contributed by atoms with van der Waals surface area (Å²) in [6.45, 7) is 0. The van der Waals surface area contributed by atoms with Crippen molar-refractivity contribution in [2.75, 3.05) is 0 Å². The Kier molecular flexibility index (Phi) is 159. The zero-order valence-corrected chi connectivity index (χ0v) is 1.56. The van der Waals surface area contributed by atoms with Gasteiger partial charge in [0.2, 0.25) is 0 Å². The number of rotatable bonds is 0. The van der Waals surface area contributed by atoms with E-state index in [2.05, 4.69) is 0 Å². The first-order valence-electron chi connectivity index (χ1n) is 0. The van der Waals surface area contributed by atoms with Gasteiger partial charge in [-0.15, -0.1) is 0 Å². The summed E-state index contributed by atoms with van der Waals surface area (Å²) in [5.41, 5.74) is 0. The van der Waals surface area contributed by atoms with Crippen molar-refractivity contribution in [1.29, 1.82) is 0 Å². The van der Waals surface area contributed by atoms with E-state index in [0.717, 1.165) is 0 Å². The summed E-state index contributed by atoms with van der Waals surface area (Å²) in [4.78, 5) is 0. The van der Waals surface area contributed by atoms with Gasteiger partial charge in [0.1, 0.15) is 0 Å². The normalized spacial score (nSPS) is 0. The maximum absolute atomic E-state index is 0. The van der Waals surface area contributed by atoms with Crippen LogP contribution in [0.5, 0.6) is 0 Å². The predicted octanol–water partition coefficient (Wildman–Crippen LogP) is -3.94. The molecule has 0 spiro atoms. The molecular weight excluding hydrogens is 234 g/mol. The molecular formula is H9AlCaMgMnSr. The van der Waals surface area contributed by atoms with Crippen LogP contribution in [0.2, 0.25) is 0 Å². The van der Waals surface area contributed by atoms with Gasteiger partial charge < -0.3 is 0 Å². The topological polar surface area (TPSA) is 0 Å². The van der Waals surface area contributed by atoms with Gasteiger partial charge in [0.15, 0.2) is 17.4 Å². The van der Waals surface area contributed by atoms with Crippen molar-refractivity contribution in [2.45, 2.75) is 0 Å². The van der Waals surface area contributed by atoms with E-state index in [1.165, 1.54) is 0 Å². The minimum absolute atomic E-state index is 0. The Balaban J connectivity index is 0. The SMILES string of the molecule is [AlH3].[CaH2].[MgH2].[Mn].[SrH2]. The van der Waals surface area contributed by atoms with Gasteiger partial charge in [0.05, 0.1) is 0 Å². The third-order valence-corrected chi connectivity index (χ3v) is 0. The van der Waals surface area contributed by atoms with E-state index >= 15 is 0 Å².